The van der Waals surface area contributed by atoms with E-state index in [9.17, 15) is 9.90 Å². The van der Waals surface area contributed by atoms with Crippen LogP contribution in [0.1, 0.15) is 55.3 Å². The van der Waals surface area contributed by atoms with E-state index in [-0.39, 0.29) is 24.2 Å². The number of rotatable bonds is 3. The summed E-state index contributed by atoms with van der Waals surface area (Å²) >= 11 is 0. The van der Waals surface area contributed by atoms with Crippen LogP contribution in [-0.4, -0.2) is 23.3 Å². The number of aliphatic hydroxyl groups excluding tert-OH is 1. The van der Waals surface area contributed by atoms with E-state index >= 15 is 0 Å². The van der Waals surface area contributed by atoms with Crippen molar-refractivity contribution < 1.29 is 9.90 Å². The van der Waals surface area contributed by atoms with Gasteiger partial charge in [-0.2, -0.15) is 0 Å². The highest BCUT2D eigenvalue weighted by Crippen LogP contribution is 2.19. The van der Waals surface area contributed by atoms with Crippen LogP contribution in [0.3, 0.4) is 0 Å². The van der Waals surface area contributed by atoms with Gasteiger partial charge in [-0.1, -0.05) is 29.3 Å². The van der Waals surface area contributed by atoms with Gasteiger partial charge in [-0.15, -0.1) is 0 Å². The van der Waals surface area contributed by atoms with E-state index in [1.54, 1.807) is 0 Å². The number of carbonyl (C=O) groups excluding carboxylic acids is 1. The van der Waals surface area contributed by atoms with Crippen molar-refractivity contribution in [3.63, 3.8) is 0 Å². The Balaban J connectivity index is 1.87. The second-order valence-electron chi connectivity index (χ2n) is 6.27. The van der Waals surface area contributed by atoms with Gasteiger partial charge in [0.1, 0.15) is 0 Å². The molecule has 1 aromatic rings. The summed E-state index contributed by atoms with van der Waals surface area (Å²) in [5.41, 5.74) is 3.54. The average molecular weight is 290 g/mol. The van der Waals surface area contributed by atoms with Crippen LogP contribution in [0, 0.1) is 13.8 Å². The quantitative estimate of drug-likeness (QED) is 0.801. The SMILES string of the molecule is Cc1cc(C)cc([C@@H](C)NC(=O)NC2CCC(O)CC2)c1. The van der Waals surface area contributed by atoms with Crippen LogP contribution in [0.15, 0.2) is 18.2 Å². The molecular weight excluding hydrogens is 264 g/mol. The number of hydrogen-bond acceptors (Lipinski definition) is 2. The number of aliphatic hydroxyl groups is 1. The van der Waals surface area contributed by atoms with Gasteiger partial charge in [0.15, 0.2) is 0 Å². The number of carbonyl (C=O) groups is 1. The average Bonchev–Trinajstić information content (AvgIpc) is 2.40. The summed E-state index contributed by atoms with van der Waals surface area (Å²) < 4.78 is 0. The Morgan fingerprint density at radius 2 is 1.71 bits per heavy atom. The van der Waals surface area contributed by atoms with Crippen molar-refractivity contribution in [3.8, 4) is 0 Å². The third-order valence-corrected chi connectivity index (χ3v) is 4.12. The van der Waals surface area contributed by atoms with Crippen LogP contribution in [0.25, 0.3) is 0 Å². The van der Waals surface area contributed by atoms with Crippen molar-refractivity contribution in [2.75, 3.05) is 0 Å². The maximum Gasteiger partial charge on any atom is 0.315 e. The van der Waals surface area contributed by atoms with Gasteiger partial charge in [0.25, 0.3) is 0 Å². The van der Waals surface area contributed by atoms with E-state index in [0.29, 0.717) is 0 Å². The van der Waals surface area contributed by atoms with Crippen LogP contribution in [0.2, 0.25) is 0 Å². The Kier molecular flexibility index (Phi) is 5.23. The number of amides is 2. The summed E-state index contributed by atoms with van der Waals surface area (Å²) in [6, 6.07) is 6.38. The molecule has 0 unspecified atom stereocenters. The predicted molar refractivity (Wildman–Crippen MR) is 84.3 cm³/mol. The predicted octanol–water partition coefficient (Wildman–Crippen LogP) is 2.97. The fourth-order valence-electron chi connectivity index (χ4n) is 2.99. The molecule has 3 N–H and O–H groups in total. The highest BCUT2D eigenvalue weighted by molar-refractivity contribution is 5.74. The molecule has 21 heavy (non-hydrogen) atoms. The molecule has 2 rings (SSSR count). The Labute approximate surface area is 126 Å². The first-order valence-corrected chi connectivity index (χ1v) is 7.77. The molecule has 0 aromatic heterocycles. The zero-order valence-corrected chi connectivity index (χ0v) is 13.1. The van der Waals surface area contributed by atoms with Gasteiger partial charge in [-0.3, -0.25) is 0 Å². The van der Waals surface area contributed by atoms with Crippen molar-refractivity contribution in [2.45, 2.75) is 64.6 Å². The third-order valence-electron chi connectivity index (χ3n) is 4.12. The Hall–Kier alpha value is -1.55. The number of hydrogen-bond donors (Lipinski definition) is 3. The molecule has 1 aliphatic rings. The molecule has 0 saturated heterocycles. The first-order chi connectivity index (χ1) is 9.94. The number of aryl methyl sites for hydroxylation is 2. The summed E-state index contributed by atoms with van der Waals surface area (Å²) in [4.78, 5) is 12.1. The number of nitrogens with one attached hydrogen (secondary N) is 2. The van der Waals surface area contributed by atoms with E-state index < -0.39 is 0 Å². The minimum atomic E-state index is -0.194. The summed E-state index contributed by atoms with van der Waals surface area (Å²) in [5.74, 6) is 0. The molecule has 0 bridgehead atoms. The van der Waals surface area contributed by atoms with Crippen molar-refractivity contribution in [3.05, 3.63) is 34.9 Å². The lowest BCUT2D eigenvalue weighted by molar-refractivity contribution is 0.117. The molecule has 4 heteroatoms. The topological polar surface area (TPSA) is 61.4 Å². The molecule has 0 aliphatic heterocycles. The number of benzene rings is 1. The van der Waals surface area contributed by atoms with Crippen molar-refractivity contribution in [2.24, 2.45) is 0 Å². The maximum atomic E-state index is 12.1. The summed E-state index contributed by atoms with van der Waals surface area (Å²) in [6.45, 7) is 6.13. The van der Waals surface area contributed by atoms with Gasteiger partial charge < -0.3 is 15.7 Å². The van der Waals surface area contributed by atoms with Crippen molar-refractivity contribution in [1.82, 2.24) is 10.6 Å². The third kappa shape index (κ3) is 4.74. The highest BCUT2D eigenvalue weighted by atomic mass is 16.3. The minimum Gasteiger partial charge on any atom is -0.393 e. The minimum absolute atomic E-state index is 0.0159. The van der Waals surface area contributed by atoms with Gasteiger partial charge in [0.05, 0.1) is 12.1 Å². The van der Waals surface area contributed by atoms with Crippen LogP contribution in [0.5, 0.6) is 0 Å². The lowest BCUT2D eigenvalue weighted by Crippen LogP contribution is -2.44. The summed E-state index contributed by atoms with van der Waals surface area (Å²) in [6.07, 6.45) is 3.06. The summed E-state index contributed by atoms with van der Waals surface area (Å²) in [5, 5.41) is 15.5. The van der Waals surface area contributed by atoms with E-state index in [1.165, 1.54) is 11.1 Å². The van der Waals surface area contributed by atoms with Crippen LogP contribution >= 0.6 is 0 Å². The largest absolute Gasteiger partial charge is 0.393 e. The first kappa shape index (κ1) is 15.8. The monoisotopic (exact) mass is 290 g/mol. The molecule has 1 aliphatic carbocycles. The molecule has 1 aromatic carbocycles. The molecule has 0 radical (unpaired) electrons. The van der Waals surface area contributed by atoms with Crippen LogP contribution in [0.4, 0.5) is 4.79 Å². The zero-order valence-electron chi connectivity index (χ0n) is 13.1. The fraction of sp³-hybridized carbons (Fsp3) is 0.588. The van der Waals surface area contributed by atoms with E-state index in [1.807, 2.05) is 6.92 Å². The van der Waals surface area contributed by atoms with E-state index in [4.69, 9.17) is 0 Å². The van der Waals surface area contributed by atoms with Gasteiger partial charge >= 0.3 is 6.03 Å². The van der Waals surface area contributed by atoms with Crippen LogP contribution < -0.4 is 10.6 Å². The van der Waals surface area contributed by atoms with Crippen LogP contribution in [-0.2, 0) is 0 Å². The Bertz CT molecular complexity index is 473. The van der Waals surface area contributed by atoms with Crippen molar-refractivity contribution >= 4 is 6.03 Å². The fourth-order valence-corrected chi connectivity index (χ4v) is 2.99. The second kappa shape index (κ2) is 6.94. The molecule has 4 nitrogen and oxygen atoms in total. The van der Waals surface area contributed by atoms with E-state index in [0.717, 1.165) is 31.2 Å². The molecule has 1 atom stereocenters. The Morgan fingerprint density at radius 3 is 2.29 bits per heavy atom. The Morgan fingerprint density at radius 1 is 1.14 bits per heavy atom. The van der Waals surface area contributed by atoms with Gasteiger partial charge in [-0.25, -0.2) is 4.79 Å². The molecular formula is C17H26N2O2. The maximum absolute atomic E-state index is 12.1. The lowest BCUT2D eigenvalue weighted by atomic mass is 9.93. The first-order valence-electron chi connectivity index (χ1n) is 7.77. The molecule has 1 fully saturated rings. The summed E-state index contributed by atoms with van der Waals surface area (Å²) in [7, 11) is 0. The number of urea groups is 1. The lowest BCUT2D eigenvalue weighted by Gasteiger charge is -2.27. The second-order valence-corrected chi connectivity index (χ2v) is 6.27. The molecule has 2 amide bonds. The van der Waals surface area contributed by atoms with Gasteiger partial charge in [-0.05, 0) is 52.0 Å². The molecule has 1 saturated carbocycles. The van der Waals surface area contributed by atoms with Crippen molar-refractivity contribution in [1.29, 1.82) is 0 Å². The van der Waals surface area contributed by atoms with Gasteiger partial charge in [0, 0.05) is 6.04 Å². The highest BCUT2D eigenvalue weighted by Gasteiger charge is 2.21. The zero-order chi connectivity index (χ0) is 15.4. The molecule has 116 valence electrons. The normalized spacial score (nSPS) is 23.4. The molecule has 0 heterocycles. The van der Waals surface area contributed by atoms with Gasteiger partial charge in [0.2, 0.25) is 0 Å². The van der Waals surface area contributed by atoms with E-state index in [2.05, 4.69) is 42.7 Å². The smallest absolute Gasteiger partial charge is 0.315 e. The molecule has 0 spiro atoms. The standard InChI is InChI=1S/C17H26N2O2/c1-11-8-12(2)10-14(9-11)13(3)18-17(21)19-15-4-6-16(20)7-5-15/h8-10,13,15-16,20H,4-7H2,1-3H3,(H2,18,19,21)/t13-,15?,16?/m1/s1.